The third-order valence-corrected chi connectivity index (χ3v) is 3.42. The van der Waals surface area contributed by atoms with Gasteiger partial charge in [-0.3, -0.25) is 0 Å². The fourth-order valence-corrected chi connectivity index (χ4v) is 2.37. The number of hydrogen-bond donors (Lipinski definition) is 1. The summed E-state index contributed by atoms with van der Waals surface area (Å²) < 4.78 is 13.8. The molecule has 0 bridgehead atoms. The first-order chi connectivity index (χ1) is 9.15. The number of nitrogens with zero attached hydrogens (tertiary/aromatic N) is 1. The van der Waals surface area contributed by atoms with Gasteiger partial charge in [0.15, 0.2) is 0 Å². The molecule has 4 heteroatoms. The largest absolute Gasteiger partial charge is 0.342 e. The molecule has 0 heterocycles. The van der Waals surface area contributed by atoms with E-state index in [9.17, 15) is 4.39 Å². The van der Waals surface area contributed by atoms with E-state index in [1.807, 2.05) is 31.3 Å². The van der Waals surface area contributed by atoms with E-state index in [0.29, 0.717) is 23.7 Å². The molecule has 0 radical (unpaired) electrons. The summed E-state index contributed by atoms with van der Waals surface area (Å²) in [7, 11) is 1.82. The number of halogens is 2. The van der Waals surface area contributed by atoms with E-state index >= 15 is 0 Å². The van der Waals surface area contributed by atoms with E-state index in [2.05, 4.69) is 0 Å². The van der Waals surface area contributed by atoms with Crippen LogP contribution in [0.15, 0.2) is 42.5 Å². The lowest BCUT2D eigenvalue weighted by molar-refractivity contribution is 0.627. The third-order valence-electron chi connectivity index (χ3n) is 3.06. The van der Waals surface area contributed by atoms with Gasteiger partial charge in [0, 0.05) is 17.8 Å². The molecule has 100 valence electrons. The SMILES string of the molecule is CN(c1ccccc1F)c1cccc(Cl)c1CCN. The van der Waals surface area contributed by atoms with Crippen LogP contribution >= 0.6 is 11.6 Å². The lowest BCUT2D eigenvalue weighted by Crippen LogP contribution is -2.15. The van der Waals surface area contributed by atoms with Crippen LogP contribution in [0.5, 0.6) is 0 Å². The highest BCUT2D eigenvalue weighted by Gasteiger charge is 2.14. The van der Waals surface area contributed by atoms with Crippen molar-refractivity contribution in [2.24, 2.45) is 5.73 Å². The van der Waals surface area contributed by atoms with Crippen molar-refractivity contribution in [2.45, 2.75) is 6.42 Å². The predicted octanol–water partition coefficient (Wildman–Crippen LogP) is 3.75. The molecule has 2 aromatic rings. The Morgan fingerprint density at radius 1 is 1.11 bits per heavy atom. The Labute approximate surface area is 117 Å². The van der Waals surface area contributed by atoms with Gasteiger partial charge in [-0.05, 0) is 42.8 Å². The van der Waals surface area contributed by atoms with Gasteiger partial charge < -0.3 is 10.6 Å². The maximum Gasteiger partial charge on any atom is 0.146 e. The van der Waals surface area contributed by atoms with Crippen LogP contribution in [0.25, 0.3) is 0 Å². The molecule has 0 unspecified atom stereocenters. The van der Waals surface area contributed by atoms with E-state index in [1.54, 1.807) is 17.0 Å². The fraction of sp³-hybridized carbons (Fsp3) is 0.200. The van der Waals surface area contributed by atoms with E-state index in [4.69, 9.17) is 17.3 Å². The fourth-order valence-electron chi connectivity index (χ4n) is 2.11. The Hall–Kier alpha value is -1.58. The molecule has 19 heavy (non-hydrogen) atoms. The number of anilines is 2. The highest BCUT2D eigenvalue weighted by atomic mass is 35.5. The minimum atomic E-state index is -0.260. The Morgan fingerprint density at radius 2 is 1.79 bits per heavy atom. The summed E-state index contributed by atoms with van der Waals surface area (Å²) in [5, 5.41) is 0.658. The lowest BCUT2D eigenvalue weighted by atomic mass is 10.1. The van der Waals surface area contributed by atoms with Crippen LogP contribution in [0, 0.1) is 5.82 Å². The molecule has 2 N–H and O–H groups in total. The minimum absolute atomic E-state index is 0.260. The summed E-state index contributed by atoms with van der Waals surface area (Å²) >= 11 is 6.20. The standard InChI is InChI=1S/C15H16ClFN2/c1-19(15-7-3-2-6-13(15)17)14-8-4-5-12(16)11(14)9-10-18/h2-8H,9-10,18H2,1H3. The molecular formula is C15H16ClFN2. The third kappa shape index (κ3) is 2.88. The van der Waals surface area contributed by atoms with Gasteiger partial charge in [-0.25, -0.2) is 4.39 Å². The molecule has 0 aliphatic rings. The Morgan fingerprint density at radius 3 is 2.47 bits per heavy atom. The molecule has 2 rings (SSSR count). The first-order valence-electron chi connectivity index (χ1n) is 6.11. The molecule has 0 saturated heterocycles. The number of rotatable bonds is 4. The van der Waals surface area contributed by atoms with Crippen LogP contribution in [0.3, 0.4) is 0 Å². The zero-order chi connectivity index (χ0) is 13.8. The van der Waals surface area contributed by atoms with Gasteiger partial charge in [-0.15, -0.1) is 0 Å². The van der Waals surface area contributed by atoms with E-state index in [1.165, 1.54) is 6.07 Å². The average molecular weight is 279 g/mol. The second-order valence-corrected chi connectivity index (χ2v) is 4.69. The molecular weight excluding hydrogens is 263 g/mol. The van der Waals surface area contributed by atoms with Crippen molar-refractivity contribution in [2.75, 3.05) is 18.5 Å². The Balaban J connectivity index is 2.47. The van der Waals surface area contributed by atoms with E-state index < -0.39 is 0 Å². The zero-order valence-corrected chi connectivity index (χ0v) is 11.5. The van der Waals surface area contributed by atoms with Gasteiger partial charge in [-0.1, -0.05) is 29.8 Å². The maximum atomic E-state index is 13.8. The number of nitrogens with two attached hydrogens (primary N) is 1. The maximum absolute atomic E-state index is 13.8. The van der Waals surface area contributed by atoms with E-state index in [0.717, 1.165) is 11.3 Å². The van der Waals surface area contributed by atoms with Crippen molar-refractivity contribution in [3.05, 3.63) is 58.9 Å². The molecule has 0 spiro atoms. The first-order valence-corrected chi connectivity index (χ1v) is 6.48. The molecule has 0 aromatic heterocycles. The highest BCUT2D eigenvalue weighted by molar-refractivity contribution is 6.31. The topological polar surface area (TPSA) is 29.3 Å². The number of hydrogen-bond acceptors (Lipinski definition) is 2. The molecule has 0 aliphatic heterocycles. The van der Waals surface area contributed by atoms with Gasteiger partial charge in [0.05, 0.1) is 5.69 Å². The first kappa shape index (κ1) is 13.8. The highest BCUT2D eigenvalue weighted by Crippen LogP contribution is 2.32. The van der Waals surface area contributed by atoms with Crippen molar-refractivity contribution >= 4 is 23.0 Å². The predicted molar refractivity (Wildman–Crippen MR) is 78.7 cm³/mol. The van der Waals surface area contributed by atoms with Crippen LogP contribution in [-0.4, -0.2) is 13.6 Å². The van der Waals surface area contributed by atoms with Crippen LogP contribution in [0.4, 0.5) is 15.8 Å². The van der Waals surface area contributed by atoms with Gasteiger partial charge in [0.2, 0.25) is 0 Å². The molecule has 2 nitrogen and oxygen atoms in total. The van der Waals surface area contributed by atoms with Crippen LogP contribution < -0.4 is 10.6 Å². The van der Waals surface area contributed by atoms with Crippen molar-refractivity contribution in [3.8, 4) is 0 Å². The Bertz CT molecular complexity index is 572. The molecule has 0 saturated carbocycles. The van der Waals surface area contributed by atoms with E-state index in [-0.39, 0.29) is 5.82 Å². The summed E-state index contributed by atoms with van der Waals surface area (Å²) in [4.78, 5) is 1.80. The van der Waals surface area contributed by atoms with Crippen molar-refractivity contribution in [1.82, 2.24) is 0 Å². The lowest BCUT2D eigenvalue weighted by Gasteiger charge is -2.23. The summed E-state index contributed by atoms with van der Waals surface area (Å²) in [6, 6.07) is 12.3. The monoisotopic (exact) mass is 278 g/mol. The Kier molecular flexibility index (Phi) is 4.40. The summed E-state index contributed by atoms with van der Waals surface area (Å²) in [6.07, 6.45) is 0.661. The molecule has 0 fully saturated rings. The van der Waals surface area contributed by atoms with Gasteiger partial charge in [0.1, 0.15) is 5.82 Å². The van der Waals surface area contributed by atoms with Gasteiger partial charge in [0.25, 0.3) is 0 Å². The van der Waals surface area contributed by atoms with Crippen LogP contribution in [0.2, 0.25) is 5.02 Å². The van der Waals surface area contributed by atoms with Crippen molar-refractivity contribution in [1.29, 1.82) is 0 Å². The van der Waals surface area contributed by atoms with Gasteiger partial charge >= 0.3 is 0 Å². The summed E-state index contributed by atoms with van der Waals surface area (Å²) in [6.45, 7) is 0.502. The van der Waals surface area contributed by atoms with Crippen molar-refractivity contribution in [3.63, 3.8) is 0 Å². The number of benzene rings is 2. The normalized spacial score (nSPS) is 10.5. The minimum Gasteiger partial charge on any atom is -0.342 e. The van der Waals surface area contributed by atoms with Crippen molar-refractivity contribution < 1.29 is 4.39 Å². The second kappa shape index (κ2) is 6.04. The van der Waals surface area contributed by atoms with Gasteiger partial charge in [-0.2, -0.15) is 0 Å². The second-order valence-electron chi connectivity index (χ2n) is 4.29. The quantitative estimate of drug-likeness (QED) is 0.923. The summed E-state index contributed by atoms with van der Waals surface area (Å²) in [5.74, 6) is -0.260. The molecule has 0 amide bonds. The van der Waals surface area contributed by atoms with Crippen LogP contribution in [-0.2, 0) is 6.42 Å². The summed E-state index contributed by atoms with van der Waals surface area (Å²) in [5.41, 5.74) is 7.95. The molecule has 2 aromatic carbocycles. The average Bonchev–Trinajstić information content (AvgIpc) is 2.41. The smallest absolute Gasteiger partial charge is 0.146 e. The zero-order valence-electron chi connectivity index (χ0n) is 10.7. The molecule has 0 atom stereocenters. The molecule has 0 aliphatic carbocycles. The van der Waals surface area contributed by atoms with Crippen LogP contribution in [0.1, 0.15) is 5.56 Å². The number of para-hydroxylation sites is 1.